The lowest BCUT2D eigenvalue weighted by molar-refractivity contribution is -0.116. The van der Waals surface area contributed by atoms with E-state index in [9.17, 15) is 9.18 Å². The molecule has 0 unspecified atom stereocenters. The van der Waals surface area contributed by atoms with Crippen molar-refractivity contribution in [2.75, 3.05) is 19.1 Å². The highest BCUT2D eigenvalue weighted by Crippen LogP contribution is 2.43. The second kappa shape index (κ2) is 9.07. The number of amides is 1. The largest absolute Gasteiger partial charge is 0.497 e. The van der Waals surface area contributed by atoms with Crippen LogP contribution in [-0.4, -0.2) is 35.3 Å². The first-order valence-electron chi connectivity index (χ1n) is 9.99. The summed E-state index contributed by atoms with van der Waals surface area (Å²) in [6, 6.07) is 11.4. The Morgan fingerprint density at radius 1 is 1.06 bits per heavy atom. The molecule has 0 aliphatic carbocycles. The summed E-state index contributed by atoms with van der Waals surface area (Å²) in [7, 11) is 3.04. The number of methoxy groups -OCH3 is 2. The van der Waals surface area contributed by atoms with Crippen molar-refractivity contribution in [3.8, 4) is 34.0 Å². The maximum atomic E-state index is 13.9. The zero-order chi connectivity index (χ0) is 23.5. The lowest BCUT2D eigenvalue weighted by atomic mass is 10.0. The fourth-order valence-electron chi connectivity index (χ4n) is 3.46. The lowest BCUT2D eigenvalue weighted by Gasteiger charge is -2.20. The van der Waals surface area contributed by atoms with Gasteiger partial charge in [-0.3, -0.25) is 4.79 Å². The zero-order valence-corrected chi connectivity index (χ0v) is 18.5. The topological polar surface area (TPSA) is 90.6 Å². The Kier molecular flexibility index (Phi) is 6.03. The van der Waals surface area contributed by atoms with E-state index < -0.39 is 0 Å². The van der Waals surface area contributed by atoms with Crippen molar-refractivity contribution >= 4 is 17.5 Å². The first kappa shape index (κ1) is 21.9. The molecule has 0 N–H and O–H groups in total. The molecule has 4 aromatic rings. The van der Waals surface area contributed by atoms with Crippen molar-refractivity contribution in [3.05, 3.63) is 66.4 Å². The summed E-state index contributed by atoms with van der Waals surface area (Å²) in [5.41, 5.74) is 2.87. The summed E-state index contributed by atoms with van der Waals surface area (Å²) in [5, 5.41) is 4.23. The molecule has 1 amide bonds. The molecule has 0 saturated heterocycles. The van der Waals surface area contributed by atoms with Gasteiger partial charge in [0.05, 0.1) is 31.2 Å². The van der Waals surface area contributed by atoms with Gasteiger partial charge in [-0.1, -0.05) is 5.16 Å². The summed E-state index contributed by atoms with van der Waals surface area (Å²) in [5.74, 6) is 0.466. The number of hydrogen-bond donors (Lipinski definition) is 0. The number of nitrogens with zero attached hydrogens (tertiary/aromatic N) is 4. The summed E-state index contributed by atoms with van der Waals surface area (Å²) in [6.07, 6.45) is 2.96. The fourth-order valence-corrected chi connectivity index (χ4v) is 3.46. The Labute approximate surface area is 189 Å². The van der Waals surface area contributed by atoms with Gasteiger partial charge in [-0.05, 0) is 36.8 Å². The Balaban J connectivity index is 1.97. The molecule has 0 aliphatic rings. The van der Waals surface area contributed by atoms with Crippen LogP contribution in [0.2, 0.25) is 0 Å². The highest BCUT2D eigenvalue weighted by molar-refractivity contribution is 6.03. The van der Waals surface area contributed by atoms with E-state index in [-0.39, 0.29) is 17.6 Å². The minimum atomic E-state index is -0.335. The van der Waals surface area contributed by atoms with Crippen LogP contribution in [-0.2, 0) is 4.79 Å². The maximum absolute atomic E-state index is 13.9. The number of halogens is 1. The Morgan fingerprint density at radius 3 is 2.36 bits per heavy atom. The quantitative estimate of drug-likeness (QED) is 0.412. The number of aryl methyl sites for hydroxylation is 1. The summed E-state index contributed by atoms with van der Waals surface area (Å²) < 4.78 is 30.3. The molecular weight excluding hydrogens is 427 g/mol. The van der Waals surface area contributed by atoms with Gasteiger partial charge in [0.1, 0.15) is 29.3 Å². The van der Waals surface area contributed by atoms with Crippen molar-refractivity contribution in [2.24, 2.45) is 0 Å². The third-order valence-electron chi connectivity index (χ3n) is 5.06. The number of ether oxygens (including phenoxy) is 2. The predicted octanol–water partition coefficient (Wildman–Crippen LogP) is 4.95. The number of carbonyl (C=O) groups excluding carboxylic acids is 1. The molecule has 8 nitrogen and oxygen atoms in total. The van der Waals surface area contributed by atoms with Crippen molar-refractivity contribution in [1.29, 1.82) is 0 Å². The van der Waals surface area contributed by atoms with Crippen molar-refractivity contribution in [2.45, 2.75) is 13.8 Å². The van der Waals surface area contributed by atoms with Crippen LogP contribution in [0.5, 0.6) is 11.5 Å². The average Bonchev–Trinajstić information content (AvgIpc) is 3.25. The second-order valence-electron chi connectivity index (χ2n) is 7.20. The molecule has 0 saturated carbocycles. The van der Waals surface area contributed by atoms with Crippen LogP contribution in [0.3, 0.4) is 0 Å². The molecule has 0 bridgehead atoms. The van der Waals surface area contributed by atoms with E-state index >= 15 is 0 Å². The standard InChI is InChI=1S/C24H21FN4O4/c1-14-9-16(5-6-20(14)25)23-22(21-7-8-26-13-27-21)24(33-28-23)29(15(2)30)17-10-18(31-3)12-19(11-17)32-4/h5-13H,1-4H3. The number of benzene rings is 2. The van der Waals surface area contributed by atoms with E-state index in [1.165, 1.54) is 38.4 Å². The Morgan fingerprint density at radius 2 is 1.79 bits per heavy atom. The normalized spacial score (nSPS) is 10.7. The van der Waals surface area contributed by atoms with Gasteiger partial charge in [-0.2, -0.15) is 0 Å². The first-order valence-corrected chi connectivity index (χ1v) is 9.99. The van der Waals surface area contributed by atoms with E-state index in [4.69, 9.17) is 14.0 Å². The molecule has 2 heterocycles. The van der Waals surface area contributed by atoms with Crippen LogP contribution >= 0.6 is 0 Å². The number of aromatic nitrogens is 3. The van der Waals surface area contributed by atoms with E-state index in [1.807, 2.05) is 0 Å². The number of hydrogen-bond acceptors (Lipinski definition) is 7. The summed E-state index contributed by atoms with van der Waals surface area (Å²) in [6.45, 7) is 3.06. The molecule has 9 heteroatoms. The molecule has 4 rings (SSSR count). The van der Waals surface area contributed by atoms with Crippen LogP contribution in [0.25, 0.3) is 22.5 Å². The van der Waals surface area contributed by atoms with Crippen LogP contribution in [0.1, 0.15) is 12.5 Å². The van der Waals surface area contributed by atoms with Gasteiger partial charge in [-0.15, -0.1) is 0 Å². The van der Waals surface area contributed by atoms with Gasteiger partial charge in [0, 0.05) is 36.9 Å². The molecule has 0 spiro atoms. The highest BCUT2D eigenvalue weighted by Gasteiger charge is 2.29. The van der Waals surface area contributed by atoms with Crippen LogP contribution < -0.4 is 14.4 Å². The van der Waals surface area contributed by atoms with Crippen LogP contribution in [0.15, 0.2) is 59.5 Å². The SMILES string of the molecule is COc1cc(OC)cc(N(C(C)=O)c2onc(-c3ccc(F)c(C)c3)c2-c2ccncn2)c1. The monoisotopic (exact) mass is 448 g/mol. The van der Waals surface area contributed by atoms with E-state index in [0.717, 1.165) is 0 Å². The van der Waals surface area contributed by atoms with E-state index in [1.54, 1.807) is 49.5 Å². The van der Waals surface area contributed by atoms with Gasteiger partial charge in [-0.25, -0.2) is 19.3 Å². The predicted molar refractivity (Wildman–Crippen MR) is 120 cm³/mol. The molecule has 2 aromatic carbocycles. The fraction of sp³-hybridized carbons (Fsp3) is 0.167. The molecular formula is C24H21FN4O4. The Bertz CT molecular complexity index is 1290. The van der Waals surface area contributed by atoms with Gasteiger partial charge in [0.25, 0.3) is 0 Å². The molecule has 0 atom stereocenters. The summed E-state index contributed by atoms with van der Waals surface area (Å²) in [4.78, 5) is 22.5. The molecule has 0 aliphatic heterocycles. The minimum absolute atomic E-state index is 0.147. The van der Waals surface area contributed by atoms with Crippen molar-refractivity contribution < 1.29 is 23.2 Å². The molecule has 168 valence electrons. The van der Waals surface area contributed by atoms with Crippen LogP contribution in [0, 0.1) is 12.7 Å². The Hall–Kier alpha value is -4.27. The van der Waals surface area contributed by atoms with Gasteiger partial charge >= 0.3 is 0 Å². The average molecular weight is 448 g/mol. The molecule has 0 radical (unpaired) electrons. The maximum Gasteiger partial charge on any atom is 0.248 e. The third kappa shape index (κ3) is 4.25. The third-order valence-corrected chi connectivity index (χ3v) is 5.06. The van der Waals surface area contributed by atoms with Gasteiger partial charge in [0.15, 0.2) is 0 Å². The van der Waals surface area contributed by atoms with E-state index in [0.29, 0.717) is 45.3 Å². The second-order valence-corrected chi connectivity index (χ2v) is 7.20. The summed E-state index contributed by atoms with van der Waals surface area (Å²) >= 11 is 0. The minimum Gasteiger partial charge on any atom is -0.497 e. The highest BCUT2D eigenvalue weighted by atomic mass is 19.1. The lowest BCUT2D eigenvalue weighted by Crippen LogP contribution is -2.23. The number of rotatable bonds is 6. The van der Waals surface area contributed by atoms with Gasteiger partial charge in [0.2, 0.25) is 11.8 Å². The van der Waals surface area contributed by atoms with Crippen molar-refractivity contribution in [3.63, 3.8) is 0 Å². The van der Waals surface area contributed by atoms with Crippen molar-refractivity contribution in [1.82, 2.24) is 15.1 Å². The first-order chi connectivity index (χ1) is 15.9. The molecule has 33 heavy (non-hydrogen) atoms. The molecule has 2 aromatic heterocycles. The zero-order valence-electron chi connectivity index (χ0n) is 18.5. The van der Waals surface area contributed by atoms with Crippen LogP contribution in [0.4, 0.5) is 16.0 Å². The van der Waals surface area contributed by atoms with E-state index in [2.05, 4.69) is 15.1 Å². The van der Waals surface area contributed by atoms with Gasteiger partial charge < -0.3 is 14.0 Å². The smallest absolute Gasteiger partial charge is 0.248 e. The number of carbonyl (C=O) groups is 1. The molecule has 0 fully saturated rings. The number of anilines is 2.